The number of nitrogens with zero attached hydrogens (tertiary/aromatic N) is 2. The van der Waals surface area contributed by atoms with E-state index in [0.29, 0.717) is 6.54 Å². The lowest BCUT2D eigenvalue weighted by Gasteiger charge is -2.26. The van der Waals surface area contributed by atoms with Crippen LogP contribution in [-0.4, -0.2) is 69.4 Å². The molecular formula is C19H32N4O2. The molecule has 1 aliphatic heterocycles. The number of hydrogen-bond acceptors (Lipinski definition) is 4. The van der Waals surface area contributed by atoms with E-state index in [0.717, 1.165) is 64.1 Å². The van der Waals surface area contributed by atoms with Gasteiger partial charge in [-0.3, -0.25) is 4.90 Å². The van der Waals surface area contributed by atoms with Crippen molar-refractivity contribution in [3.8, 4) is 5.75 Å². The maximum atomic E-state index is 5.87. The van der Waals surface area contributed by atoms with Crippen LogP contribution in [0.3, 0.4) is 0 Å². The fraction of sp³-hybridized carbons (Fsp3) is 0.632. The monoisotopic (exact) mass is 348 g/mol. The van der Waals surface area contributed by atoms with Gasteiger partial charge in [-0.2, -0.15) is 0 Å². The number of para-hydroxylation sites is 1. The molecule has 1 aromatic carbocycles. The van der Waals surface area contributed by atoms with Gasteiger partial charge in [-0.25, -0.2) is 4.99 Å². The standard InChI is InChI=1S/C19H32N4O2/c1-3-20-19(21-10-7-11-23-12-14-24-15-13-23)22-16-17(2)25-18-8-5-4-6-9-18/h4-6,8-9,17H,3,7,10-16H2,1-2H3,(H2,20,21,22). The second-order valence-corrected chi connectivity index (χ2v) is 6.20. The fourth-order valence-corrected chi connectivity index (χ4v) is 2.66. The summed E-state index contributed by atoms with van der Waals surface area (Å²) in [5.41, 5.74) is 0. The van der Waals surface area contributed by atoms with Gasteiger partial charge in [-0.05, 0) is 38.9 Å². The zero-order valence-electron chi connectivity index (χ0n) is 15.5. The average molecular weight is 348 g/mol. The lowest BCUT2D eigenvalue weighted by atomic mass is 10.3. The molecule has 140 valence electrons. The summed E-state index contributed by atoms with van der Waals surface area (Å²) in [6, 6.07) is 9.88. The van der Waals surface area contributed by atoms with E-state index in [1.54, 1.807) is 0 Å². The van der Waals surface area contributed by atoms with Gasteiger partial charge in [-0.1, -0.05) is 18.2 Å². The molecule has 2 N–H and O–H groups in total. The quantitative estimate of drug-likeness (QED) is 0.404. The predicted molar refractivity (Wildman–Crippen MR) is 102 cm³/mol. The van der Waals surface area contributed by atoms with Gasteiger partial charge in [0.15, 0.2) is 5.96 Å². The van der Waals surface area contributed by atoms with E-state index in [1.165, 1.54) is 0 Å². The molecular weight excluding hydrogens is 316 g/mol. The van der Waals surface area contributed by atoms with Gasteiger partial charge >= 0.3 is 0 Å². The largest absolute Gasteiger partial charge is 0.489 e. The van der Waals surface area contributed by atoms with Crippen LogP contribution >= 0.6 is 0 Å². The van der Waals surface area contributed by atoms with E-state index >= 15 is 0 Å². The Morgan fingerprint density at radius 1 is 1.24 bits per heavy atom. The molecule has 0 bridgehead atoms. The summed E-state index contributed by atoms with van der Waals surface area (Å²) < 4.78 is 11.2. The number of aliphatic imine (C=N–C) groups is 1. The molecule has 0 aliphatic carbocycles. The van der Waals surface area contributed by atoms with E-state index in [-0.39, 0.29) is 6.10 Å². The third-order valence-corrected chi connectivity index (χ3v) is 3.98. The van der Waals surface area contributed by atoms with E-state index in [2.05, 4.69) is 27.4 Å². The zero-order valence-corrected chi connectivity index (χ0v) is 15.5. The zero-order chi connectivity index (χ0) is 17.7. The first-order valence-corrected chi connectivity index (χ1v) is 9.32. The van der Waals surface area contributed by atoms with Crippen LogP contribution in [0.5, 0.6) is 5.75 Å². The fourth-order valence-electron chi connectivity index (χ4n) is 2.66. The molecule has 0 amide bonds. The Hall–Kier alpha value is -1.79. The summed E-state index contributed by atoms with van der Waals surface area (Å²) >= 11 is 0. The van der Waals surface area contributed by atoms with Crippen LogP contribution in [0.15, 0.2) is 35.3 Å². The summed E-state index contributed by atoms with van der Waals surface area (Å²) in [6.07, 6.45) is 1.13. The van der Waals surface area contributed by atoms with Gasteiger partial charge in [0.05, 0.1) is 19.8 Å². The van der Waals surface area contributed by atoms with Crippen molar-refractivity contribution in [3.63, 3.8) is 0 Å². The van der Waals surface area contributed by atoms with Crippen molar-refractivity contribution in [2.75, 3.05) is 52.5 Å². The Kier molecular flexibility index (Phi) is 9.15. The van der Waals surface area contributed by atoms with Crippen LogP contribution < -0.4 is 15.4 Å². The highest BCUT2D eigenvalue weighted by molar-refractivity contribution is 5.79. The van der Waals surface area contributed by atoms with Crippen LogP contribution in [0.4, 0.5) is 0 Å². The molecule has 6 heteroatoms. The number of guanidine groups is 1. The molecule has 1 aliphatic rings. The number of benzene rings is 1. The first-order valence-electron chi connectivity index (χ1n) is 9.32. The third kappa shape index (κ3) is 8.23. The maximum Gasteiger partial charge on any atom is 0.191 e. The number of hydrogen-bond donors (Lipinski definition) is 2. The number of ether oxygens (including phenoxy) is 2. The highest BCUT2D eigenvalue weighted by atomic mass is 16.5. The van der Waals surface area contributed by atoms with Crippen LogP contribution in [0.2, 0.25) is 0 Å². The van der Waals surface area contributed by atoms with Gasteiger partial charge in [0.25, 0.3) is 0 Å². The molecule has 0 aromatic heterocycles. The first-order chi connectivity index (χ1) is 12.3. The molecule has 0 radical (unpaired) electrons. The predicted octanol–water partition coefficient (Wildman–Crippen LogP) is 1.73. The SMILES string of the molecule is CCNC(=NCC(C)Oc1ccccc1)NCCCN1CCOCC1. The van der Waals surface area contributed by atoms with Crippen LogP contribution in [0.25, 0.3) is 0 Å². The molecule has 2 rings (SSSR count). The number of nitrogens with one attached hydrogen (secondary N) is 2. The highest BCUT2D eigenvalue weighted by Gasteiger charge is 2.09. The lowest BCUT2D eigenvalue weighted by Crippen LogP contribution is -2.41. The Labute approximate surface area is 151 Å². The van der Waals surface area contributed by atoms with Crippen molar-refractivity contribution in [2.24, 2.45) is 4.99 Å². The number of morpholine rings is 1. The minimum Gasteiger partial charge on any atom is -0.489 e. The second-order valence-electron chi connectivity index (χ2n) is 6.20. The Balaban J connectivity index is 1.67. The normalized spacial score (nSPS) is 17.1. The van der Waals surface area contributed by atoms with E-state index in [4.69, 9.17) is 9.47 Å². The first kappa shape index (κ1) is 19.5. The summed E-state index contributed by atoms with van der Waals surface area (Å²) in [5.74, 6) is 1.74. The molecule has 1 unspecified atom stereocenters. The second kappa shape index (κ2) is 11.7. The van der Waals surface area contributed by atoms with Crippen LogP contribution in [-0.2, 0) is 4.74 Å². The van der Waals surface area contributed by atoms with Crippen molar-refractivity contribution in [1.82, 2.24) is 15.5 Å². The summed E-state index contributed by atoms with van der Waals surface area (Å²) in [4.78, 5) is 7.08. The van der Waals surface area contributed by atoms with Gasteiger partial charge in [-0.15, -0.1) is 0 Å². The van der Waals surface area contributed by atoms with Crippen LogP contribution in [0, 0.1) is 0 Å². The Bertz CT molecular complexity index is 489. The topological polar surface area (TPSA) is 58.1 Å². The molecule has 1 aromatic rings. The third-order valence-electron chi connectivity index (χ3n) is 3.98. The molecule has 1 saturated heterocycles. The summed E-state index contributed by atoms with van der Waals surface area (Å²) in [7, 11) is 0. The Morgan fingerprint density at radius 2 is 2.00 bits per heavy atom. The van der Waals surface area contributed by atoms with Gasteiger partial charge in [0.2, 0.25) is 0 Å². The van der Waals surface area contributed by atoms with E-state index in [1.807, 2.05) is 37.3 Å². The number of rotatable bonds is 9. The van der Waals surface area contributed by atoms with E-state index < -0.39 is 0 Å². The maximum absolute atomic E-state index is 5.87. The van der Waals surface area contributed by atoms with Crippen molar-refractivity contribution in [1.29, 1.82) is 0 Å². The Morgan fingerprint density at radius 3 is 2.72 bits per heavy atom. The molecule has 1 atom stereocenters. The van der Waals surface area contributed by atoms with Crippen molar-refractivity contribution >= 4 is 5.96 Å². The van der Waals surface area contributed by atoms with Crippen molar-refractivity contribution < 1.29 is 9.47 Å². The lowest BCUT2D eigenvalue weighted by molar-refractivity contribution is 0.0376. The summed E-state index contributed by atoms with van der Waals surface area (Å²) in [5, 5.41) is 6.69. The van der Waals surface area contributed by atoms with Gasteiger partial charge < -0.3 is 20.1 Å². The molecule has 1 heterocycles. The van der Waals surface area contributed by atoms with Crippen LogP contribution in [0.1, 0.15) is 20.3 Å². The molecule has 0 saturated carbocycles. The molecule has 0 spiro atoms. The molecule has 25 heavy (non-hydrogen) atoms. The van der Waals surface area contributed by atoms with Crippen molar-refractivity contribution in [2.45, 2.75) is 26.4 Å². The average Bonchev–Trinajstić information content (AvgIpc) is 2.65. The van der Waals surface area contributed by atoms with Gasteiger partial charge in [0, 0.05) is 26.2 Å². The highest BCUT2D eigenvalue weighted by Crippen LogP contribution is 2.10. The molecule has 1 fully saturated rings. The van der Waals surface area contributed by atoms with E-state index in [9.17, 15) is 0 Å². The van der Waals surface area contributed by atoms with Gasteiger partial charge in [0.1, 0.15) is 11.9 Å². The minimum atomic E-state index is 0.0335. The minimum absolute atomic E-state index is 0.0335. The summed E-state index contributed by atoms with van der Waals surface area (Å²) in [6.45, 7) is 11.4. The smallest absolute Gasteiger partial charge is 0.191 e. The molecule has 6 nitrogen and oxygen atoms in total. The van der Waals surface area contributed by atoms with Crippen molar-refractivity contribution in [3.05, 3.63) is 30.3 Å².